The lowest BCUT2D eigenvalue weighted by Gasteiger charge is -2.09. The van der Waals surface area contributed by atoms with Crippen molar-refractivity contribution in [2.45, 2.75) is 11.4 Å². The van der Waals surface area contributed by atoms with Gasteiger partial charge in [-0.15, -0.1) is 0 Å². The molecule has 2 heterocycles. The van der Waals surface area contributed by atoms with Gasteiger partial charge in [0.1, 0.15) is 11.4 Å². The molecule has 0 saturated carbocycles. The number of sulfone groups is 1. The van der Waals surface area contributed by atoms with Crippen LogP contribution in [-0.2, 0) is 16.4 Å². The Morgan fingerprint density at radius 3 is 2.37 bits per heavy atom. The lowest BCUT2D eigenvalue weighted by atomic mass is 10.1. The lowest BCUT2D eigenvalue weighted by Crippen LogP contribution is -2.28. The van der Waals surface area contributed by atoms with E-state index in [0.717, 1.165) is 33.6 Å². The number of carbonyl (C=O) groups excluding carboxylic acids is 1. The minimum atomic E-state index is -3.23. The molecular weight excluding hydrogens is 500 g/mol. The zero-order valence-corrected chi connectivity index (χ0v) is 21.7. The van der Waals surface area contributed by atoms with Crippen molar-refractivity contribution in [2.24, 2.45) is 0 Å². The Morgan fingerprint density at radius 1 is 0.921 bits per heavy atom. The highest BCUT2D eigenvalue weighted by Crippen LogP contribution is 2.26. The Balaban J connectivity index is 1.26. The minimum absolute atomic E-state index is 0.293. The van der Waals surface area contributed by atoms with Gasteiger partial charge in [-0.2, -0.15) is 0 Å². The molecule has 2 aromatic heterocycles. The molecule has 5 aromatic rings. The van der Waals surface area contributed by atoms with Crippen molar-refractivity contribution >= 4 is 27.2 Å². The van der Waals surface area contributed by atoms with E-state index in [4.69, 9.17) is 4.74 Å². The van der Waals surface area contributed by atoms with Gasteiger partial charge < -0.3 is 15.4 Å². The van der Waals surface area contributed by atoms with E-state index in [0.29, 0.717) is 22.9 Å². The second-order valence-corrected chi connectivity index (χ2v) is 10.8. The second kappa shape index (κ2) is 10.4. The van der Waals surface area contributed by atoms with Crippen LogP contribution in [0.5, 0.6) is 5.75 Å². The van der Waals surface area contributed by atoms with Crippen LogP contribution in [-0.4, -0.2) is 37.2 Å². The molecule has 0 aliphatic rings. The number of urea groups is 1. The standard InChI is InChI=1S/C29H26N4O4S/c1-37-25-5-3-4-24(17-25)32-29(34)31-18-20-6-8-22(9-7-20)27-19-30-28-16-23(14-15-33(27)28)21-10-12-26(13-11-21)38(2,35)36/h3-17,19H,18H2,1-2H3,(H2,31,32,34). The van der Waals surface area contributed by atoms with Crippen molar-refractivity contribution in [3.05, 3.63) is 103 Å². The number of aromatic nitrogens is 2. The Kier molecular flexibility index (Phi) is 6.85. The van der Waals surface area contributed by atoms with Crippen molar-refractivity contribution < 1.29 is 17.9 Å². The molecule has 3 aromatic carbocycles. The number of hydrogen-bond acceptors (Lipinski definition) is 5. The number of carbonyl (C=O) groups is 1. The van der Waals surface area contributed by atoms with Gasteiger partial charge in [0.15, 0.2) is 9.84 Å². The highest BCUT2D eigenvalue weighted by Gasteiger charge is 2.10. The van der Waals surface area contributed by atoms with Crippen molar-refractivity contribution in [2.75, 3.05) is 18.7 Å². The number of methoxy groups -OCH3 is 1. The van der Waals surface area contributed by atoms with Crippen LogP contribution in [0.15, 0.2) is 102 Å². The summed E-state index contributed by atoms with van der Waals surface area (Å²) in [7, 11) is -1.65. The first-order chi connectivity index (χ1) is 18.3. The van der Waals surface area contributed by atoms with Crippen LogP contribution >= 0.6 is 0 Å². The maximum Gasteiger partial charge on any atom is 0.319 e. The Labute approximate surface area is 220 Å². The normalized spacial score (nSPS) is 11.3. The highest BCUT2D eigenvalue weighted by molar-refractivity contribution is 7.90. The minimum Gasteiger partial charge on any atom is -0.497 e. The number of benzene rings is 3. The van der Waals surface area contributed by atoms with Crippen LogP contribution in [0, 0.1) is 0 Å². The van der Waals surface area contributed by atoms with Gasteiger partial charge in [-0.1, -0.05) is 42.5 Å². The SMILES string of the molecule is COc1cccc(NC(=O)NCc2ccc(-c3cnc4cc(-c5ccc(S(C)(=O)=O)cc5)ccn34)cc2)c1. The second-order valence-electron chi connectivity index (χ2n) is 8.82. The molecule has 0 aliphatic carbocycles. The third-order valence-corrected chi connectivity index (χ3v) is 7.29. The number of rotatable bonds is 7. The van der Waals surface area contributed by atoms with E-state index >= 15 is 0 Å². The summed E-state index contributed by atoms with van der Waals surface area (Å²) in [5, 5.41) is 5.66. The van der Waals surface area contributed by atoms with Gasteiger partial charge in [0, 0.05) is 36.3 Å². The van der Waals surface area contributed by atoms with E-state index in [1.807, 2.05) is 65.3 Å². The van der Waals surface area contributed by atoms with Crippen molar-refractivity contribution in [3.63, 3.8) is 0 Å². The highest BCUT2D eigenvalue weighted by atomic mass is 32.2. The lowest BCUT2D eigenvalue weighted by molar-refractivity contribution is 0.251. The predicted molar refractivity (Wildman–Crippen MR) is 148 cm³/mol. The van der Waals surface area contributed by atoms with E-state index < -0.39 is 9.84 Å². The van der Waals surface area contributed by atoms with Crippen LogP contribution in [0.25, 0.3) is 28.0 Å². The first-order valence-corrected chi connectivity index (χ1v) is 13.8. The van der Waals surface area contributed by atoms with Crippen molar-refractivity contribution in [3.8, 4) is 28.1 Å². The van der Waals surface area contributed by atoms with E-state index in [1.165, 1.54) is 6.26 Å². The van der Waals surface area contributed by atoms with Gasteiger partial charge in [-0.3, -0.25) is 4.40 Å². The topological polar surface area (TPSA) is 102 Å². The number of nitrogens with zero attached hydrogens (tertiary/aromatic N) is 2. The maximum atomic E-state index is 12.3. The zero-order valence-electron chi connectivity index (χ0n) is 20.9. The molecule has 0 unspecified atom stereocenters. The third kappa shape index (κ3) is 5.52. The van der Waals surface area contributed by atoms with Crippen LogP contribution in [0.3, 0.4) is 0 Å². The summed E-state index contributed by atoms with van der Waals surface area (Å²) < 4.78 is 30.6. The summed E-state index contributed by atoms with van der Waals surface area (Å²) in [6.07, 6.45) is 4.97. The van der Waals surface area contributed by atoms with Gasteiger partial charge in [-0.25, -0.2) is 18.2 Å². The molecule has 9 heteroatoms. The average molecular weight is 527 g/mol. The van der Waals surface area contributed by atoms with Crippen LogP contribution in [0.1, 0.15) is 5.56 Å². The maximum absolute atomic E-state index is 12.3. The summed E-state index contributed by atoms with van der Waals surface area (Å²) in [5.74, 6) is 0.672. The fourth-order valence-electron chi connectivity index (χ4n) is 4.12. The molecule has 0 atom stereocenters. The number of amides is 2. The quantitative estimate of drug-likeness (QED) is 0.296. The van der Waals surface area contributed by atoms with Gasteiger partial charge in [0.25, 0.3) is 0 Å². The summed E-state index contributed by atoms with van der Waals surface area (Å²) in [6, 6.07) is 25.6. The van der Waals surface area contributed by atoms with Crippen LogP contribution in [0.4, 0.5) is 10.5 Å². The van der Waals surface area contributed by atoms with Gasteiger partial charge in [0.05, 0.1) is 23.9 Å². The number of fused-ring (bicyclic) bond motifs is 1. The molecule has 0 spiro atoms. The first-order valence-electron chi connectivity index (χ1n) is 11.9. The molecule has 0 aliphatic heterocycles. The third-order valence-electron chi connectivity index (χ3n) is 6.16. The zero-order chi connectivity index (χ0) is 26.7. The Hall–Kier alpha value is -4.63. The molecule has 192 valence electrons. The molecule has 8 nitrogen and oxygen atoms in total. The molecule has 0 saturated heterocycles. The van der Waals surface area contributed by atoms with Crippen molar-refractivity contribution in [1.82, 2.24) is 14.7 Å². The van der Waals surface area contributed by atoms with E-state index in [-0.39, 0.29) is 6.03 Å². The summed E-state index contributed by atoms with van der Waals surface area (Å²) in [6.45, 7) is 0.380. The van der Waals surface area contributed by atoms with E-state index in [1.54, 1.807) is 43.5 Å². The molecule has 38 heavy (non-hydrogen) atoms. The predicted octanol–water partition coefficient (Wildman–Crippen LogP) is 5.40. The molecule has 2 N–H and O–H groups in total. The number of ether oxygens (including phenoxy) is 1. The van der Waals surface area contributed by atoms with Gasteiger partial charge >= 0.3 is 6.03 Å². The molecular formula is C29H26N4O4S. The molecule has 0 radical (unpaired) electrons. The molecule has 0 bridgehead atoms. The fourth-order valence-corrected chi connectivity index (χ4v) is 4.75. The monoisotopic (exact) mass is 526 g/mol. The van der Waals surface area contributed by atoms with Gasteiger partial charge in [0.2, 0.25) is 0 Å². The van der Waals surface area contributed by atoms with E-state index in [9.17, 15) is 13.2 Å². The molecule has 0 fully saturated rings. The molecule has 5 rings (SSSR count). The first kappa shape index (κ1) is 25.0. The number of imidazole rings is 1. The van der Waals surface area contributed by atoms with Crippen LogP contribution < -0.4 is 15.4 Å². The number of nitrogens with one attached hydrogen (secondary N) is 2. The average Bonchev–Trinajstić information content (AvgIpc) is 3.35. The summed E-state index contributed by atoms with van der Waals surface area (Å²) in [4.78, 5) is 17.1. The van der Waals surface area contributed by atoms with E-state index in [2.05, 4.69) is 15.6 Å². The van der Waals surface area contributed by atoms with Gasteiger partial charge in [-0.05, 0) is 53.1 Å². The number of hydrogen-bond donors (Lipinski definition) is 2. The summed E-state index contributed by atoms with van der Waals surface area (Å²) in [5.41, 5.74) is 6.19. The van der Waals surface area contributed by atoms with Crippen LogP contribution in [0.2, 0.25) is 0 Å². The summed E-state index contributed by atoms with van der Waals surface area (Å²) >= 11 is 0. The smallest absolute Gasteiger partial charge is 0.319 e. The number of pyridine rings is 1. The van der Waals surface area contributed by atoms with Crippen molar-refractivity contribution in [1.29, 1.82) is 0 Å². The Morgan fingerprint density at radius 2 is 1.66 bits per heavy atom. The number of anilines is 1. The molecule has 2 amide bonds. The Bertz CT molecular complexity index is 1710. The largest absolute Gasteiger partial charge is 0.497 e. The fraction of sp³-hybridized carbons (Fsp3) is 0.103.